The predicted molar refractivity (Wildman–Crippen MR) is 48.1 cm³/mol. The summed E-state index contributed by atoms with van der Waals surface area (Å²) in [5, 5.41) is 17.9. The second kappa shape index (κ2) is 4.18. The van der Waals surface area contributed by atoms with Gasteiger partial charge in [-0.1, -0.05) is 0 Å². The van der Waals surface area contributed by atoms with Crippen LogP contribution in [0.2, 0.25) is 0 Å². The molecule has 0 spiro atoms. The summed E-state index contributed by atoms with van der Waals surface area (Å²) in [4.78, 5) is 0. The molecule has 0 atom stereocenters. The molecule has 0 aromatic rings. The molecule has 0 aliphatic heterocycles. The predicted octanol–water partition coefficient (Wildman–Crippen LogP) is -0.961. The summed E-state index contributed by atoms with van der Waals surface area (Å²) in [6.07, 6.45) is 0. The minimum Gasteiger partial charge on any atom is -0.347 e. The van der Waals surface area contributed by atoms with Gasteiger partial charge in [0.1, 0.15) is 13.1 Å². The molecule has 0 aliphatic carbocycles. The highest BCUT2D eigenvalue weighted by atomic mass is 16.3. The number of aliphatic hydroxyl groups is 2. The van der Waals surface area contributed by atoms with Crippen molar-refractivity contribution in [3.05, 3.63) is 0 Å². The SMILES string of the molecule is C[N+](C)(CO)CC[N+](C)(C)CO. The zero-order valence-electron chi connectivity index (χ0n) is 8.62. The maximum atomic E-state index is 8.97. The summed E-state index contributed by atoms with van der Waals surface area (Å²) < 4.78 is 1.17. The zero-order chi connectivity index (χ0) is 9.83. The van der Waals surface area contributed by atoms with E-state index in [0.717, 1.165) is 13.1 Å². The molecule has 0 rings (SSSR count). The Morgan fingerprint density at radius 1 is 0.750 bits per heavy atom. The maximum absolute atomic E-state index is 8.97. The van der Waals surface area contributed by atoms with E-state index in [4.69, 9.17) is 10.2 Å². The van der Waals surface area contributed by atoms with Crippen LogP contribution in [0.5, 0.6) is 0 Å². The van der Waals surface area contributed by atoms with Crippen LogP contribution in [0.25, 0.3) is 0 Å². The number of aliphatic hydroxyl groups excluding tert-OH is 2. The van der Waals surface area contributed by atoms with Gasteiger partial charge in [-0.3, -0.25) is 0 Å². The molecule has 0 bridgehead atoms. The van der Waals surface area contributed by atoms with Crippen LogP contribution in [0.4, 0.5) is 0 Å². The molecule has 0 aromatic carbocycles. The molecule has 0 amide bonds. The molecule has 0 saturated carbocycles. The van der Waals surface area contributed by atoms with Crippen molar-refractivity contribution in [1.29, 1.82) is 0 Å². The van der Waals surface area contributed by atoms with E-state index >= 15 is 0 Å². The third-order valence-corrected chi connectivity index (χ3v) is 2.08. The minimum absolute atomic E-state index is 0.144. The van der Waals surface area contributed by atoms with Gasteiger partial charge in [-0.15, -0.1) is 0 Å². The molecule has 0 fully saturated rings. The highest BCUT2D eigenvalue weighted by Gasteiger charge is 2.20. The van der Waals surface area contributed by atoms with Crippen LogP contribution in [0.15, 0.2) is 0 Å². The fourth-order valence-corrected chi connectivity index (χ4v) is 0.683. The van der Waals surface area contributed by atoms with Crippen molar-refractivity contribution >= 4 is 0 Å². The Balaban J connectivity index is 3.82. The Morgan fingerprint density at radius 3 is 1.17 bits per heavy atom. The Hall–Kier alpha value is -0.160. The minimum atomic E-state index is 0.144. The van der Waals surface area contributed by atoms with E-state index in [-0.39, 0.29) is 13.5 Å². The monoisotopic (exact) mass is 178 g/mol. The molecule has 4 heteroatoms. The van der Waals surface area contributed by atoms with Crippen LogP contribution >= 0.6 is 0 Å². The van der Waals surface area contributed by atoms with Crippen LogP contribution in [-0.4, -0.2) is 73.9 Å². The lowest BCUT2D eigenvalue weighted by Crippen LogP contribution is -2.51. The molecule has 0 saturated heterocycles. The van der Waals surface area contributed by atoms with Crippen LogP contribution < -0.4 is 0 Å². The number of nitrogens with zero attached hydrogens (tertiary/aromatic N) is 2. The quantitative estimate of drug-likeness (QED) is 0.420. The van der Waals surface area contributed by atoms with Crippen LogP contribution in [0, 0.1) is 0 Å². The Kier molecular flexibility index (Phi) is 4.13. The first kappa shape index (κ1) is 11.8. The van der Waals surface area contributed by atoms with E-state index in [2.05, 4.69) is 0 Å². The molecule has 12 heavy (non-hydrogen) atoms. The molecule has 0 heterocycles. The average molecular weight is 178 g/mol. The average Bonchev–Trinajstić information content (AvgIpc) is 2.02. The molecule has 0 unspecified atom stereocenters. The van der Waals surface area contributed by atoms with Gasteiger partial charge < -0.3 is 19.2 Å². The molecular formula is C8H22N2O2+2. The standard InChI is InChI=1S/C8H22N2O2/c1-9(2,7-11)5-6-10(3,4)8-12/h11-12H,5-8H2,1-4H3/q+2. The second-order valence-corrected chi connectivity index (χ2v) is 4.60. The van der Waals surface area contributed by atoms with E-state index in [1.165, 1.54) is 0 Å². The van der Waals surface area contributed by atoms with Gasteiger partial charge in [-0.05, 0) is 0 Å². The summed E-state index contributed by atoms with van der Waals surface area (Å²) >= 11 is 0. The van der Waals surface area contributed by atoms with Crippen molar-refractivity contribution in [2.75, 3.05) is 54.7 Å². The van der Waals surface area contributed by atoms with E-state index in [0.29, 0.717) is 8.97 Å². The molecular weight excluding hydrogens is 156 g/mol. The summed E-state index contributed by atoms with van der Waals surface area (Å²) in [5.74, 6) is 0. The van der Waals surface area contributed by atoms with Crippen molar-refractivity contribution in [3.63, 3.8) is 0 Å². The van der Waals surface area contributed by atoms with Crippen LogP contribution in [-0.2, 0) is 0 Å². The highest BCUT2D eigenvalue weighted by Crippen LogP contribution is 1.99. The largest absolute Gasteiger partial charge is 0.347 e. The Bertz CT molecular complexity index is 119. The Labute approximate surface area is 74.8 Å². The second-order valence-electron chi connectivity index (χ2n) is 4.60. The fraction of sp³-hybridized carbons (Fsp3) is 1.00. The number of hydrogen-bond donors (Lipinski definition) is 2. The van der Waals surface area contributed by atoms with Crippen LogP contribution in [0.1, 0.15) is 0 Å². The van der Waals surface area contributed by atoms with Crippen molar-refractivity contribution in [3.8, 4) is 0 Å². The first-order chi connectivity index (χ1) is 5.33. The lowest BCUT2D eigenvalue weighted by atomic mass is 10.4. The number of hydrogen-bond acceptors (Lipinski definition) is 2. The smallest absolute Gasteiger partial charge is 0.180 e. The third-order valence-electron chi connectivity index (χ3n) is 2.08. The first-order valence-electron chi connectivity index (χ1n) is 4.19. The number of rotatable bonds is 5. The molecule has 74 valence electrons. The normalized spacial score (nSPS) is 13.5. The van der Waals surface area contributed by atoms with E-state index < -0.39 is 0 Å². The van der Waals surface area contributed by atoms with Gasteiger partial charge in [0.05, 0.1) is 28.2 Å². The summed E-state index contributed by atoms with van der Waals surface area (Å²) in [6, 6.07) is 0. The summed E-state index contributed by atoms with van der Waals surface area (Å²) in [6.45, 7) is 2.02. The van der Waals surface area contributed by atoms with E-state index in [9.17, 15) is 0 Å². The van der Waals surface area contributed by atoms with Crippen molar-refractivity contribution < 1.29 is 19.2 Å². The van der Waals surface area contributed by atoms with Crippen LogP contribution in [0.3, 0.4) is 0 Å². The first-order valence-corrected chi connectivity index (χ1v) is 4.19. The molecule has 4 nitrogen and oxygen atoms in total. The van der Waals surface area contributed by atoms with Gasteiger partial charge in [0.2, 0.25) is 0 Å². The topological polar surface area (TPSA) is 40.5 Å². The van der Waals surface area contributed by atoms with Gasteiger partial charge in [-0.25, -0.2) is 0 Å². The maximum Gasteiger partial charge on any atom is 0.180 e. The van der Waals surface area contributed by atoms with Gasteiger partial charge in [0.25, 0.3) is 0 Å². The van der Waals surface area contributed by atoms with Gasteiger partial charge in [0.15, 0.2) is 13.5 Å². The van der Waals surface area contributed by atoms with Gasteiger partial charge in [-0.2, -0.15) is 0 Å². The van der Waals surface area contributed by atoms with Gasteiger partial charge in [0, 0.05) is 0 Å². The highest BCUT2D eigenvalue weighted by molar-refractivity contribution is 4.29. The van der Waals surface area contributed by atoms with E-state index in [1.54, 1.807) is 0 Å². The van der Waals surface area contributed by atoms with Crippen molar-refractivity contribution in [2.45, 2.75) is 0 Å². The number of quaternary nitrogens is 2. The summed E-state index contributed by atoms with van der Waals surface area (Å²) in [7, 11) is 7.88. The lowest BCUT2D eigenvalue weighted by Gasteiger charge is -2.32. The Morgan fingerprint density at radius 2 is 1.00 bits per heavy atom. The van der Waals surface area contributed by atoms with Crippen molar-refractivity contribution in [1.82, 2.24) is 0 Å². The molecule has 0 aliphatic rings. The number of likely N-dealkylation sites (N-methyl/N-ethyl adjacent to an activating group) is 2. The van der Waals surface area contributed by atoms with E-state index in [1.807, 2.05) is 28.2 Å². The molecule has 0 radical (unpaired) electrons. The lowest BCUT2D eigenvalue weighted by molar-refractivity contribution is -0.962. The molecule has 2 N–H and O–H groups in total. The molecule has 0 aromatic heterocycles. The van der Waals surface area contributed by atoms with Crippen molar-refractivity contribution in [2.24, 2.45) is 0 Å². The fourth-order valence-electron chi connectivity index (χ4n) is 0.683. The zero-order valence-corrected chi connectivity index (χ0v) is 8.62. The third kappa shape index (κ3) is 4.66. The summed E-state index contributed by atoms with van der Waals surface area (Å²) in [5.41, 5.74) is 0. The van der Waals surface area contributed by atoms with Gasteiger partial charge >= 0.3 is 0 Å².